The topological polar surface area (TPSA) is 40.8 Å². The molecular formula is C36H28N2O. The van der Waals surface area contributed by atoms with Crippen LogP contribution in [0.1, 0.15) is 22.6 Å². The van der Waals surface area contributed by atoms with Gasteiger partial charge in [0.2, 0.25) is 0 Å². The van der Waals surface area contributed by atoms with Crippen LogP contribution in [-0.4, -0.2) is 17.1 Å². The Morgan fingerprint density at radius 2 is 0.923 bits per heavy atom. The Morgan fingerprint density at radius 3 is 1.38 bits per heavy atom. The van der Waals surface area contributed by atoms with Crippen LogP contribution < -0.4 is 4.74 Å². The summed E-state index contributed by atoms with van der Waals surface area (Å²) in [6.07, 6.45) is 0. The highest BCUT2D eigenvalue weighted by atomic mass is 16.5. The zero-order valence-electron chi connectivity index (χ0n) is 21.7. The highest BCUT2D eigenvalue weighted by molar-refractivity contribution is 5.97. The van der Waals surface area contributed by atoms with Crippen LogP contribution >= 0.6 is 0 Å². The third-order valence-electron chi connectivity index (χ3n) is 7.64. The number of aromatic amines is 2. The van der Waals surface area contributed by atoms with Crippen molar-refractivity contribution < 1.29 is 4.74 Å². The van der Waals surface area contributed by atoms with E-state index in [1.54, 1.807) is 7.11 Å². The summed E-state index contributed by atoms with van der Waals surface area (Å²) in [5.74, 6) is 0.801. The van der Waals surface area contributed by atoms with Crippen molar-refractivity contribution in [1.29, 1.82) is 0 Å². The van der Waals surface area contributed by atoms with Crippen LogP contribution in [0.2, 0.25) is 0 Å². The predicted octanol–water partition coefficient (Wildman–Crippen LogP) is 9.17. The molecule has 0 aliphatic carbocycles. The fourth-order valence-corrected chi connectivity index (χ4v) is 5.87. The van der Waals surface area contributed by atoms with E-state index < -0.39 is 0 Å². The van der Waals surface area contributed by atoms with Crippen molar-refractivity contribution in [2.24, 2.45) is 0 Å². The first-order valence-electron chi connectivity index (χ1n) is 13.3. The van der Waals surface area contributed by atoms with E-state index in [1.807, 2.05) is 0 Å². The molecule has 0 saturated carbocycles. The third-order valence-corrected chi connectivity index (χ3v) is 7.64. The van der Waals surface area contributed by atoms with E-state index in [-0.39, 0.29) is 5.92 Å². The molecule has 0 atom stereocenters. The zero-order valence-corrected chi connectivity index (χ0v) is 21.7. The molecule has 0 fully saturated rings. The second-order valence-corrected chi connectivity index (χ2v) is 9.86. The first kappa shape index (κ1) is 23.1. The minimum absolute atomic E-state index is 0.0476. The first-order valence-corrected chi connectivity index (χ1v) is 13.3. The first-order chi connectivity index (χ1) is 19.3. The number of aromatic nitrogens is 2. The molecule has 0 unspecified atom stereocenters. The zero-order chi connectivity index (χ0) is 26.2. The van der Waals surface area contributed by atoms with Gasteiger partial charge < -0.3 is 14.7 Å². The minimum atomic E-state index is -0.0476. The molecule has 0 radical (unpaired) electrons. The van der Waals surface area contributed by atoms with Gasteiger partial charge in [-0.3, -0.25) is 0 Å². The van der Waals surface area contributed by atoms with Crippen LogP contribution in [-0.2, 0) is 0 Å². The number of benzene rings is 5. The SMILES string of the molecule is COc1ccc(C(c2c(-c3ccccc3)[nH]c3ccccc23)c2c(-c3ccccc3)[nH]c3ccccc23)cc1. The van der Waals surface area contributed by atoms with Crippen LogP contribution in [0.15, 0.2) is 133 Å². The summed E-state index contributed by atoms with van der Waals surface area (Å²) in [6.45, 7) is 0. The lowest BCUT2D eigenvalue weighted by molar-refractivity contribution is 0.414. The summed E-state index contributed by atoms with van der Waals surface area (Å²) in [6, 6.07) is 47.1. The normalized spacial score (nSPS) is 11.4. The second-order valence-electron chi connectivity index (χ2n) is 9.86. The number of para-hydroxylation sites is 2. The van der Waals surface area contributed by atoms with Crippen LogP contribution in [0.3, 0.4) is 0 Å². The summed E-state index contributed by atoms with van der Waals surface area (Å²) >= 11 is 0. The van der Waals surface area contributed by atoms with E-state index in [0.29, 0.717) is 0 Å². The molecule has 2 aromatic heterocycles. The lowest BCUT2D eigenvalue weighted by Crippen LogP contribution is -2.06. The lowest BCUT2D eigenvalue weighted by Gasteiger charge is -2.22. The Morgan fingerprint density at radius 1 is 0.487 bits per heavy atom. The molecule has 0 aliphatic heterocycles. The Labute approximate surface area is 227 Å². The smallest absolute Gasteiger partial charge is 0.118 e. The summed E-state index contributed by atoms with van der Waals surface area (Å²) in [4.78, 5) is 7.58. The molecule has 3 heteroatoms. The summed E-state index contributed by atoms with van der Waals surface area (Å²) < 4.78 is 5.54. The molecule has 2 N–H and O–H groups in total. The molecule has 0 bridgehead atoms. The highest BCUT2D eigenvalue weighted by Gasteiger charge is 2.30. The van der Waals surface area contributed by atoms with Crippen molar-refractivity contribution >= 4 is 21.8 Å². The molecular weight excluding hydrogens is 476 g/mol. The minimum Gasteiger partial charge on any atom is -0.497 e. The van der Waals surface area contributed by atoms with E-state index in [4.69, 9.17) is 4.74 Å². The highest BCUT2D eigenvalue weighted by Crippen LogP contribution is 2.47. The number of hydrogen-bond donors (Lipinski definition) is 2. The van der Waals surface area contributed by atoms with Crippen molar-refractivity contribution in [3.05, 3.63) is 150 Å². The summed E-state index contributed by atoms with van der Waals surface area (Å²) in [7, 11) is 1.72. The van der Waals surface area contributed by atoms with Crippen LogP contribution in [0.25, 0.3) is 44.3 Å². The van der Waals surface area contributed by atoms with E-state index in [0.717, 1.165) is 28.2 Å². The summed E-state index contributed by atoms with van der Waals surface area (Å²) in [5, 5.41) is 2.45. The maximum absolute atomic E-state index is 5.54. The van der Waals surface area contributed by atoms with E-state index in [2.05, 4.69) is 143 Å². The molecule has 188 valence electrons. The van der Waals surface area contributed by atoms with Gasteiger partial charge in [0.05, 0.1) is 18.5 Å². The van der Waals surface area contributed by atoms with Crippen molar-refractivity contribution in [3.63, 3.8) is 0 Å². The van der Waals surface area contributed by atoms with E-state index in [9.17, 15) is 0 Å². The molecule has 0 saturated heterocycles. The maximum Gasteiger partial charge on any atom is 0.118 e. The van der Waals surface area contributed by atoms with Crippen LogP contribution in [0.4, 0.5) is 0 Å². The molecule has 0 aliphatic rings. The number of ether oxygens (including phenoxy) is 1. The second kappa shape index (κ2) is 9.70. The fraction of sp³-hybridized carbons (Fsp3) is 0.0556. The van der Waals surface area contributed by atoms with Gasteiger partial charge >= 0.3 is 0 Å². The number of hydrogen-bond acceptors (Lipinski definition) is 1. The third kappa shape index (κ3) is 4.00. The molecule has 5 aromatic carbocycles. The van der Waals surface area contributed by atoms with Gasteiger partial charge in [-0.2, -0.15) is 0 Å². The van der Waals surface area contributed by atoms with Crippen LogP contribution in [0.5, 0.6) is 5.75 Å². The van der Waals surface area contributed by atoms with Gasteiger partial charge in [-0.15, -0.1) is 0 Å². The summed E-state index contributed by atoms with van der Waals surface area (Å²) in [5.41, 5.74) is 10.6. The quantitative estimate of drug-likeness (QED) is 0.233. The number of nitrogens with one attached hydrogen (secondary N) is 2. The van der Waals surface area contributed by atoms with Gasteiger partial charge in [0.25, 0.3) is 0 Å². The van der Waals surface area contributed by atoms with Crippen molar-refractivity contribution in [3.8, 4) is 28.3 Å². The maximum atomic E-state index is 5.54. The van der Waals surface area contributed by atoms with E-state index >= 15 is 0 Å². The van der Waals surface area contributed by atoms with Crippen molar-refractivity contribution in [2.45, 2.75) is 5.92 Å². The Kier molecular flexibility index (Phi) is 5.75. The van der Waals surface area contributed by atoms with Gasteiger partial charge in [-0.1, -0.05) is 109 Å². The Balaban J connectivity index is 1.61. The fourth-order valence-electron chi connectivity index (χ4n) is 5.87. The monoisotopic (exact) mass is 504 g/mol. The number of fused-ring (bicyclic) bond motifs is 2. The van der Waals surface area contributed by atoms with Crippen molar-refractivity contribution in [2.75, 3.05) is 7.11 Å². The van der Waals surface area contributed by atoms with Gasteiger partial charge in [-0.25, -0.2) is 0 Å². The largest absolute Gasteiger partial charge is 0.497 e. The molecule has 7 rings (SSSR count). The van der Waals surface area contributed by atoms with Crippen LogP contribution in [0, 0.1) is 0 Å². The molecule has 2 heterocycles. The Bertz CT molecular complexity index is 1760. The molecule has 0 amide bonds. The molecule has 0 spiro atoms. The molecule has 7 aromatic rings. The predicted molar refractivity (Wildman–Crippen MR) is 161 cm³/mol. The number of methoxy groups -OCH3 is 1. The van der Waals surface area contributed by atoms with Crippen molar-refractivity contribution in [1.82, 2.24) is 9.97 Å². The molecule has 3 nitrogen and oxygen atoms in total. The standard InChI is InChI=1S/C36H28N2O/c1-39-27-22-20-24(21-23-27)32(33-28-16-8-10-18-30(28)37-35(33)25-12-4-2-5-13-25)34-29-17-9-11-19-31(29)38-36(34)26-14-6-3-7-15-26/h2-23,32,37-38H,1H3. The Hall–Kier alpha value is -5.02. The molecule has 39 heavy (non-hydrogen) atoms. The van der Waals surface area contributed by atoms with Gasteiger partial charge in [0.1, 0.15) is 5.75 Å². The number of rotatable bonds is 6. The van der Waals surface area contributed by atoms with Gasteiger partial charge in [0, 0.05) is 27.7 Å². The average molecular weight is 505 g/mol. The average Bonchev–Trinajstić information content (AvgIpc) is 3.58. The van der Waals surface area contributed by atoms with E-state index in [1.165, 1.54) is 38.6 Å². The lowest BCUT2D eigenvalue weighted by atomic mass is 9.80. The van der Waals surface area contributed by atoms with Gasteiger partial charge in [-0.05, 0) is 52.1 Å². The van der Waals surface area contributed by atoms with Gasteiger partial charge in [0.15, 0.2) is 0 Å². The number of H-pyrrole nitrogens is 2.